The zero-order chi connectivity index (χ0) is 24.0. The van der Waals surface area contributed by atoms with Gasteiger partial charge in [0.05, 0.1) is 6.04 Å². The van der Waals surface area contributed by atoms with E-state index in [1.165, 1.54) is 0 Å². The summed E-state index contributed by atoms with van der Waals surface area (Å²) in [7, 11) is 0. The van der Waals surface area contributed by atoms with Crippen molar-refractivity contribution in [2.24, 2.45) is 0 Å². The molecule has 0 bridgehead atoms. The van der Waals surface area contributed by atoms with Crippen molar-refractivity contribution in [2.75, 3.05) is 56.0 Å². The molecule has 3 heterocycles. The first-order chi connectivity index (χ1) is 17.1. The van der Waals surface area contributed by atoms with Crippen LogP contribution in [0, 0.1) is 6.92 Å². The molecule has 0 radical (unpaired) electrons. The quantitative estimate of drug-likeness (QED) is 0.289. The molecule has 2 aliphatic heterocycles. The molecule has 2 aliphatic rings. The molecule has 2 aromatic carbocycles. The number of aromatic nitrogens is 2. The molecule has 0 amide bonds. The van der Waals surface area contributed by atoms with Gasteiger partial charge in [-0.15, -0.1) is 49.6 Å². The van der Waals surface area contributed by atoms with Crippen molar-refractivity contribution in [3.8, 4) is 11.5 Å². The van der Waals surface area contributed by atoms with Crippen LogP contribution in [0.3, 0.4) is 0 Å². The van der Waals surface area contributed by atoms with Gasteiger partial charge in [0, 0.05) is 67.8 Å². The maximum Gasteiger partial charge on any atom is 0.137 e. The van der Waals surface area contributed by atoms with Gasteiger partial charge in [0.25, 0.3) is 0 Å². The number of anilines is 2. The summed E-state index contributed by atoms with van der Waals surface area (Å²) >= 11 is 6.10. The van der Waals surface area contributed by atoms with Gasteiger partial charge in [-0.2, -0.15) is 0 Å². The van der Waals surface area contributed by atoms with Crippen LogP contribution < -0.4 is 20.3 Å². The summed E-state index contributed by atoms with van der Waals surface area (Å²) in [5, 5.41) is 7.78. The molecule has 1 unspecified atom stereocenters. The number of aryl methyl sites for hydroxylation is 1. The van der Waals surface area contributed by atoms with E-state index in [0.717, 1.165) is 93.0 Å². The second kappa shape index (κ2) is 17.2. The average molecular weight is 639 g/mol. The topological polar surface area (TPSA) is 65.6 Å². The molecule has 3 aromatic rings. The fourth-order valence-corrected chi connectivity index (χ4v) is 5.00. The summed E-state index contributed by atoms with van der Waals surface area (Å²) in [6, 6.07) is 15.6. The summed E-state index contributed by atoms with van der Waals surface area (Å²) in [6.45, 7) is 9.57. The number of fused-ring (bicyclic) bond motifs is 1. The third kappa shape index (κ3) is 9.71. The smallest absolute Gasteiger partial charge is 0.137 e. The zero-order valence-corrected chi connectivity index (χ0v) is 25.9. The van der Waals surface area contributed by atoms with Gasteiger partial charge in [-0.05, 0) is 56.6 Å². The second-order valence-electron chi connectivity index (χ2n) is 9.20. The molecule has 1 atom stereocenters. The lowest BCUT2D eigenvalue weighted by atomic mass is 10.00. The van der Waals surface area contributed by atoms with Gasteiger partial charge in [0.15, 0.2) is 0 Å². The van der Waals surface area contributed by atoms with E-state index in [1.807, 2.05) is 55.6 Å². The van der Waals surface area contributed by atoms with Crippen molar-refractivity contribution in [1.29, 1.82) is 0 Å². The minimum atomic E-state index is 0. The van der Waals surface area contributed by atoms with Crippen LogP contribution in [0.15, 0.2) is 54.7 Å². The fourth-order valence-electron chi connectivity index (χ4n) is 4.82. The van der Waals surface area contributed by atoms with Crippen molar-refractivity contribution in [1.82, 2.24) is 20.2 Å². The lowest BCUT2D eigenvalue weighted by Crippen LogP contribution is -2.44. The Morgan fingerprint density at radius 1 is 0.974 bits per heavy atom. The van der Waals surface area contributed by atoms with Crippen molar-refractivity contribution < 1.29 is 4.74 Å². The van der Waals surface area contributed by atoms with Crippen LogP contribution in [0.4, 0.5) is 11.5 Å². The predicted octanol–water partition coefficient (Wildman–Crippen LogP) is 6.58. The molecule has 2 N–H and O–H groups in total. The molecule has 0 saturated carbocycles. The number of nitrogens with one attached hydrogen (secondary N) is 2. The Labute approximate surface area is 261 Å². The average Bonchev–Trinajstić information content (AvgIpc) is 2.86. The van der Waals surface area contributed by atoms with E-state index >= 15 is 0 Å². The highest BCUT2D eigenvalue weighted by molar-refractivity contribution is 6.30. The molecule has 7 nitrogen and oxygen atoms in total. The maximum absolute atomic E-state index is 6.10. The first-order valence-electron chi connectivity index (χ1n) is 12.5. The fraction of sp³-hybridized carbons (Fsp3) is 0.407. The van der Waals surface area contributed by atoms with E-state index in [2.05, 4.69) is 31.5 Å². The van der Waals surface area contributed by atoms with Crippen molar-refractivity contribution in [3.63, 3.8) is 0 Å². The SMILES string of the molecule is Cc1ncc2c(n1)N(CCCN1CCNCC1)CCC2Nc1cccc(Oc2cccc(Cl)c2)c1.Cl.Cl.Cl.Cl. The number of hydrogen-bond donors (Lipinski definition) is 2. The van der Waals surface area contributed by atoms with Crippen LogP contribution in [0.1, 0.15) is 30.3 Å². The van der Waals surface area contributed by atoms with Gasteiger partial charge in [-0.1, -0.05) is 23.7 Å². The molecule has 5 rings (SSSR count). The molecular formula is C27H37Cl5N6O. The van der Waals surface area contributed by atoms with E-state index in [0.29, 0.717) is 5.02 Å². The summed E-state index contributed by atoms with van der Waals surface area (Å²) < 4.78 is 6.02. The van der Waals surface area contributed by atoms with Gasteiger partial charge in [-0.25, -0.2) is 9.97 Å². The number of ether oxygens (including phenoxy) is 1. The van der Waals surface area contributed by atoms with Gasteiger partial charge in [0.1, 0.15) is 23.1 Å². The van der Waals surface area contributed by atoms with Crippen LogP contribution in [-0.2, 0) is 0 Å². The molecular weight excluding hydrogens is 602 g/mol. The lowest BCUT2D eigenvalue weighted by Gasteiger charge is -2.36. The third-order valence-corrected chi connectivity index (χ3v) is 6.83. The number of piperazine rings is 1. The van der Waals surface area contributed by atoms with Crippen molar-refractivity contribution >= 4 is 72.7 Å². The first-order valence-corrected chi connectivity index (χ1v) is 12.8. The van der Waals surface area contributed by atoms with E-state index in [9.17, 15) is 0 Å². The molecule has 1 saturated heterocycles. The molecule has 12 heteroatoms. The standard InChI is InChI=1S/C27H33ClN6O.4ClH/c1-20-30-19-25-26(9-14-34(27(25)31-20)13-4-12-33-15-10-29-11-16-33)32-22-6-3-8-24(18-22)35-23-7-2-5-21(28)17-23;;;;/h2-3,5-8,17-19,26,29,32H,4,9-16H2,1H3;4*1H. The highest BCUT2D eigenvalue weighted by atomic mass is 35.5. The summed E-state index contributed by atoms with van der Waals surface area (Å²) in [6.07, 6.45) is 4.13. The normalized spacial score (nSPS) is 16.4. The third-order valence-electron chi connectivity index (χ3n) is 6.60. The van der Waals surface area contributed by atoms with E-state index in [-0.39, 0.29) is 55.7 Å². The van der Waals surface area contributed by atoms with Gasteiger partial charge in [-0.3, -0.25) is 0 Å². The number of rotatable bonds is 8. The molecule has 1 aromatic heterocycles. The van der Waals surface area contributed by atoms with E-state index in [4.69, 9.17) is 21.3 Å². The molecule has 39 heavy (non-hydrogen) atoms. The monoisotopic (exact) mass is 636 g/mol. The minimum Gasteiger partial charge on any atom is -0.457 e. The molecule has 1 fully saturated rings. The number of halogens is 5. The number of benzene rings is 2. The Hall–Kier alpha value is -1.71. The van der Waals surface area contributed by atoms with Crippen LogP contribution in [-0.4, -0.2) is 60.7 Å². The second-order valence-corrected chi connectivity index (χ2v) is 9.64. The molecule has 0 spiro atoms. The number of hydrogen-bond acceptors (Lipinski definition) is 7. The predicted molar refractivity (Wildman–Crippen MR) is 171 cm³/mol. The lowest BCUT2D eigenvalue weighted by molar-refractivity contribution is 0.239. The zero-order valence-electron chi connectivity index (χ0n) is 21.8. The summed E-state index contributed by atoms with van der Waals surface area (Å²) in [5.41, 5.74) is 2.17. The highest BCUT2D eigenvalue weighted by Gasteiger charge is 2.27. The molecule has 216 valence electrons. The minimum absolute atomic E-state index is 0. The van der Waals surface area contributed by atoms with Crippen LogP contribution in [0.2, 0.25) is 5.02 Å². The highest BCUT2D eigenvalue weighted by Crippen LogP contribution is 2.35. The maximum atomic E-state index is 6.10. The van der Waals surface area contributed by atoms with Gasteiger partial charge < -0.3 is 25.2 Å². The van der Waals surface area contributed by atoms with E-state index in [1.54, 1.807) is 0 Å². The van der Waals surface area contributed by atoms with Crippen molar-refractivity contribution in [2.45, 2.75) is 25.8 Å². The van der Waals surface area contributed by atoms with Crippen molar-refractivity contribution in [3.05, 3.63) is 71.1 Å². The molecule has 0 aliphatic carbocycles. The van der Waals surface area contributed by atoms with Crippen LogP contribution in [0.5, 0.6) is 11.5 Å². The van der Waals surface area contributed by atoms with Gasteiger partial charge in [0.2, 0.25) is 0 Å². The Bertz CT molecular complexity index is 1150. The summed E-state index contributed by atoms with van der Waals surface area (Å²) in [5.74, 6) is 3.36. The first kappa shape index (κ1) is 35.3. The van der Waals surface area contributed by atoms with Gasteiger partial charge >= 0.3 is 0 Å². The Balaban J connectivity index is 0.00000190. The number of nitrogens with zero attached hydrogens (tertiary/aromatic N) is 4. The van der Waals surface area contributed by atoms with Crippen LogP contribution in [0.25, 0.3) is 0 Å². The Kier molecular flexibility index (Phi) is 15.6. The van der Waals surface area contributed by atoms with E-state index < -0.39 is 0 Å². The summed E-state index contributed by atoms with van der Waals surface area (Å²) in [4.78, 5) is 14.4. The van der Waals surface area contributed by atoms with Crippen LogP contribution >= 0.6 is 61.2 Å². The largest absolute Gasteiger partial charge is 0.457 e. The Morgan fingerprint density at radius 2 is 1.69 bits per heavy atom. The Morgan fingerprint density at radius 3 is 2.44 bits per heavy atom.